The number of nitrogens with one attached hydrogen (secondary N) is 1. The lowest BCUT2D eigenvalue weighted by Crippen LogP contribution is -2.18. The zero-order valence-corrected chi connectivity index (χ0v) is 9.55. The average Bonchev–Trinajstić information content (AvgIpc) is 2.81. The Balaban J connectivity index is 2.21. The zero-order valence-electron chi connectivity index (χ0n) is 8.74. The summed E-state index contributed by atoms with van der Waals surface area (Å²) >= 11 is 0. The number of nitrogens with zero attached hydrogens (tertiary/aromatic N) is 4. The van der Waals surface area contributed by atoms with E-state index in [2.05, 4.69) is 20.4 Å². The third-order valence-corrected chi connectivity index (χ3v) is 3.37. The normalized spacial score (nSPS) is 16.3. The van der Waals surface area contributed by atoms with Gasteiger partial charge in [-0.3, -0.25) is 9.67 Å². The van der Waals surface area contributed by atoms with Gasteiger partial charge in [0, 0.05) is 12.2 Å². The van der Waals surface area contributed by atoms with Crippen molar-refractivity contribution in [2.75, 3.05) is 0 Å². The number of primary sulfonamides is 1. The van der Waals surface area contributed by atoms with Gasteiger partial charge in [-0.2, -0.15) is 5.10 Å². The fourth-order valence-electron chi connectivity index (χ4n) is 1.70. The Labute approximate surface area is 96.9 Å². The van der Waals surface area contributed by atoms with Crippen molar-refractivity contribution < 1.29 is 8.42 Å². The standard InChI is InChI=1S/C8H10N6O2S/c9-17(15,16)8-13-12-7(5-3-10-11-4-5)14(8)6-1-2-6/h3-4,6H,1-2H2,(H,10,11)(H2,9,15,16). The van der Waals surface area contributed by atoms with Crippen LogP contribution in [0.25, 0.3) is 11.4 Å². The van der Waals surface area contributed by atoms with Crippen LogP contribution in [0.2, 0.25) is 0 Å². The minimum atomic E-state index is -3.85. The van der Waals surface area contributed by atoms with Crippen LogP contribution in [-0.2, 0) is 10.0 Å². The summed E-state index contributed by atoms with van der Waals surface area (Å²) in [5.41, 5.74) is 0.694. The van der Waals surface area contributed by atoms with E-state index in [1.54, 1.807) is 17.0 Å². The third kappa shape index (κ3) is 1.72. The van der Waals surface area contributed by atoms with Crippen molar-refractivity contribution in [3.05, 3.63) is 12.4 Å². The van der Waals surface area contributed by atoms with Gasteiger partial charge in [-0.05, 0) is 12.8 Å². The van der Waals surface area contributed by atoms with Gasteiger partial charge in [0.15, 0.2) is 5.82 Å². The van der Waals surface area contributed by atoms with E-state index < -0.39 is 10.0 Å². The zero-order chi connectivity index (χ0) is 12.0. The Morgan fingerprint density at radius 1 is 1.41 bits per heavy atom. The molecule has 9 heteroatoms. The van der Waals surface area contributed by atoms with Crippen LogP contribution in [0.4, 0.5) is 0 Å². The smallest absolute Gasteiger partial charge is 0.273 e. The molecule has 0 radical (unpaired) electrons. The Morgan fingerprint density at radius 2 is 2.18 bits per heavy atom. The van der Waals surface area contributed by atoms with Crippen LogP contribution in [0.3, 0.4) is 0 Å². The first-order valence-corrected chi connectivity index (χ1v) is 6.59. The van der Waals surface area contributed by atoms with E-state index in [9.17, 15) is 8.42 Å². The molecule has 2 aromatic rings. The maximum Gasteiger partial charge on any atom is 0.273 e. The summed E-state index contributed by atoms with van der Waals surface area (Å²) in [6, 6.07) is 0.114. The van der Waals surface area contributed by atoms with E-state index in [0.717, 1.165) is 12.8 Å². The predicted octanol–water partition coefficient (Wildman–Crippen LogP) is -0.349. The van der Waals surface area contributed by atoms with Crippen molar-refractivity contribution in [2.24, 2.45) is 5.14 Å². The molecule has 0 bridgehead atoms. The third-order valence-electron chi connectivity index (χ3n) is 2.59. The molecule has 0 amide bonds. The molecular formula is C8H10N6O2S. The van der Waals surface area contributed by atoms with Gasteiger partial charge in [-0.25, -0.2) is 13.6 Å². The second kappa shape index (κ2) is 3.37. The summed E-state index contributed by atoms with van der Waals surface area (Å²) in [4.78, 5) is 0. The van der Waals surface area contributed by atoms with Crippen molar-refractivity contribution in [3.63, 3.8) is 0 Å². The lowest BCUT2D eigenvalue weighted by molar-refractivity contribution is 0.567. The van der Waals surface area contributed by atoms with Gasteiger partial charge in [0.05, 0.1) is 11.8 Å². The molecule has 17 heavy (non-hydrogen) atoms. The largest absolute Gasteiger partial charge is 0.294 e. The molecule has 0 unspecified atom stereocenters. The number of rotatable bonds is 3. The Hall–Kier alpha value is -1.74. The van der Waals surface area contributed by atoms with Crippen molar-refractivity contribution in [1.29, 1.82) is 0 Å². The highest BCUT2D eigenvalue weighted by atomic mass is 32.2. The lowest BCUT2D eigenvalue weighted by atomic mass is 10.3. The van der Waals surface area contributed by atoms with Gasteiger partial charge < -0.3 is 0 Å². The molecule has 0 saturated heterocycles. The van der Waals surface area contributed by atoms with E-state index >= 15 is 0 Å². The van der Waals surface area contributed by atoms with Gasteiger partial charge >= 0.3 is 0 Å². The van der Waals surface area contributed by atoms with E-state index in [1.807, 2.05) is 0 Å². The molecule has 0 spiro atoms. The van der Waals surface area contributed by atoms with Gasteiger partial charge in [-0.15, -0.1) is 10.2 Å². The highest BCUT2D eigenvalue weighted by molar-refractivity contribution is 7.89. The summed E-state index contributed by atoms with van der Waals surface area (Å²) in [6.45, 7) is 0. The molecular weight excluding hydrogens is 244 g/mol. The summed E-state index contributed by atoms with van der Waals surface area (Å²) in [7, 11) is -3.85. The first-order chi connectivity index (χ1) is 8.07. The lowest BCUT2D eigenvalue weighted by Gasteiger charge is -2.05. The highest BCUT2D eigenvalue weighted by Gasteiger charge is 2.33. The molecule has 8 nitrogen and oxygen atoms in total. The Kier molecular flexibility index (Phi) is 2.07. The van der Waals surface area contributed by atoms with Crippen molar-refractivity contribution in [3.8, 4) is 11.4 Å². The topological polar surface area (TPSA) is 120 Å². The number of aromatic nitrogens is 5. The molecule has 0 aliphatic heterocycles. The van der Waals surface area contributed by atoms with Crippen LogP contribution < -0.4 is 5.14 Å². The number of hydrogen-bond acceptors (Lipinski definition) is 5. The van der Waals surface area contributed by atoms with E-state index in [0.29, 0.717) is 11.4 Å². The van der Waals surface area contributed by atoms with Gasteiger partial charge in [0.2, 0.25) is 0 Å². The average molecular weight is 254 g/mol. The van der Waals surface area contributed by atoms with Gasteiger partial charge in [-0.1, -0.05) is 0 Å². The van der Waals surface area contributed by atoms with E-state index in [-0.39, 0.29) is 11.2 Å². The Morgan fingerprint density at radius 3 is 2.71 bits per heavy atom. The molecule has 1 saturated carbocycles. The van der Waals surface area contributed by atoms with Crippen LogP contribution in [-0.4, -0.2) is 33.4 Å². The minimum absolute atomic E-state index is 0.114. The van der Waals surface area contributed by atoms with E-state index in [4.69, 9.17) is 5.14 Å². The van der Waals surface area contributed by atoms with Crippen molar-refractivity contribution >= 4 is 10.0 Å². The first-order valence-electron chi connectivity index (χ1n) is 5.04. The van der Waals surface area contributed by atoms with Gasteiger partial charge in [0.1, 0.15) is 0 Å². The van der Waals surface area contributed by atoms with Crippen LogP contribution in [0.1, 0.15) is 18.9 Å². The van der Waals surface area contributed by atoms with Crippen molar-refractivity contribution in [1.82, 2.24) is 25.0 Å². The van der Waals surface area contributed by atoms with Gasteiger partial charge in [0.25, 0.3) is 15.2 Å². The number of sulfonamides is 1. The molecule has 3 rings (SSSR count). The van der Waals surface area contributed by atoms with Crippen LogP contribution in [0.15, 0.2) is 17.6 Å². The van der Waals surface area contributed by atoms with Crippen LogP contribution in [0.5, 0.6) is 0 Å². The second-order valence-electron chi connectivity index (χ2n) is 3.94. The Bertz CT molecular complexity index is 640. The summed E-state index contributed by atoms with van der Waals surface area (Å²) in [5, 5.41) is 18.9. The van der Waals surface area contributed by atoms with E-state index in [1.165, 1.54) is 0 Å². The summed E-state index contributed by atoms with van der Waals surface area (Å²) in [5.74, 6) is 0.477. The maximum absolute atomic E-state index is 11.4. The van der Waals surface area contributed by atoms with Crippen LogP contribution in [0, 0.1) is 0 Å². The molecule has 0 aromatic carbocycles. The number of nitrogens with two attached hydrogens (primary N) is 1. The molecule has 0 atom stereocenters. The highest BCUT2D eigenvalue weighted by Crippen LogP contribution is 2.39. The molecule has 90 valence electrons. The van der Waals surface area contributed by atoms with Crippen molar-refractivity contribution in [2.45, 2.75) is 24.0 Å². The molecule has 3 N–H and O–H groups in total. The molecule has 1 aliphatic carbocycles. The number of H-pyrrole nitrogens is 1. The summed E-state index contributed by atoms with van der Waals surface area (Å²) < 4.78 is 24.4. The first kappa shape index (κ1) is 10.4. The maximum atomic E-state index is 11.4. The fourth-order valence-corrected chi connectivity index (χ4v) is 2.37. The van der Waals surface area contributed by atoms with Crippen LogP contribution >= 0.6 is 0 Å². The molecule has 1 fully saturated rings. The predicted molar refractivity (Wildman–Crippen MR) is 57.2 cm³/mol. The molecule has 2 aromatic heterocycles. The SMILES string of the molecule is NS(=O)(=O)c1nnc(-c2cn[nH]c2)n1C1CC1. The second-order valence-corrected chi connectivity index (χ2v) is 5.39. The monoisotopic (exact) mass is 254 g/mol. The summed E-state index contributed by atoms with van der Waals surface area (Å²) in [6.07, 6.45) is 5.02. The fraction of sp³-hybridized carbons (Fsp3) is 0.375. The number of hydrogen-bond donors (Lipinski definition) is 2. The quantitative estimate of drug-likeness (QED) is 0.775. The number of aromatic amines is 1. The molecule has 2 heterocycles. The molecule has 1 aliphatic rings. The minimum Gasteiger partial charge on any atom is -0.294 e.